The second-order valence-electron chi connectivity index (χ2n) is 4.94. The number of carbonyl (C=O) groups excluding carboxylic acids is 1. The Morgan fingerprint density at radius 3 is 2.41 bits per heavy atom. The highest BCUT2D eigenvalue weighted by molar-refractivity contribution is 5.87. The first kappa shape index (κ1) is 13.2. The van der Waals surface area contributed by atoms with Crippen LogP contribution in [0.3, 0.4) is 0 Å². The Morgan fingerprint density at radius 2 is 2.06 bits per heavy atom. The second-order valence-corrected chi connectivity index (χ2v) is 4.94. The lowest BCUT2D eigenvalue weighted by Gasteiger charge is -2.21. The minimum absolute atomic E-state index is 0.311. The van der Waals surface area contributed by atoms with Gasteiger partial charge in [-0.05, 0) is 0 Å². The van der Waals surface area contributed by atoms with E-state index in [4.69, 9.17) is 5.11 Å². The molecule has 0 radical (unpaired) electrons. The summed E-state index contributed by atoms with van der Waals surface area (Å²) in [5, 5.41) is 15.5. The van der Waals surface area contributed by atoms with Crippen LogP contribution in [0.2, 0.25) is 0 Å². The SMILES string of the molecule is Cn1cc(C(NC(=O)C(C)(C)C)C(=O)O)cn1. The van der Waals surface area contributed by atoms with Crippen LogP contribution < -0.4 is 5.32 Å². The average Bonchev–Trinajstić information content (AvgIpc) is 2.58. The lowest BCUT2D eigenvalue weighted by Crippen LogP contribution is -2.40. The molecular formula is C11H17N3O3. The molecule has 1 atom stereocenters. The molecule has 6 heteroatoms. The molecule has 94 valence electrons. The third-order valence-corrected chi connectivity index (χ3v) is 2.26. The number of aryl methyl sites for hydroxylation is 1. The predicted molar refractivity (Wildman–Crippen MR) is 61.2 cm³/mol. The summed E-state index contributed by atoms with van der Waals surface area (Å²) in [5.74, 6) is -1.41. The van der Waals surface area contributed by atoms with Crippen molar-refractivity contribution in [3.05, 3.63) is 18.0 Å². The van der Waals surface area contributed by atoms with E-state index in [1.54, 1.807) is 34.0 Å². The van der Waals surface area contributed by atoms with Crippen LogP contribution in [0.25, 0.3) is 0 Å². The van der Waals surface area contributed by atoms with E-state index in [9.17, 15) is 9.59 Å². The van der Waals surface area contributed by atoms with Gasteiger partial charge in [-0.2, -0.15) is 5.10 Å². The quantitative estimate of drug-likeness (QED) is 0.813. The van der Waals surface area contributed by atoms with Crippen molar-refractivity contribution in [1.29, 1.82) is 0 Å². The van der Waals surface area contributed by atoms with Crippen LogP contribution in [0.15, 0.2) is 12.4 Å². The summed E-state index contributed by atoms with van der Waals surface area (Å²) in [6.45, 7) is 5.18. The molecule has 1 rings (SSSR count). The van der Waals surface area contributed by atoms with Crippen molar-refractivity contribution in [3.8, 4) is 0 Å². The minimum Gasteiger partial charge on any atom is -0.479 e. The van der Waals surface area contributed by atoms with Gasteiger partial charge >= 0.3 is 5.97 Å². The number of nitrogens with one attached hydrogen (secondary N) is 1. The molecule has 17 heavy (non-hydrogen) atoms. The molecule has 0 aliphatic rings. The highest BCUT2D eigenvalue weighted by Gasteiger charge is 2.29. The molecule has 0 saturated heterocycles. The van der Waals surface area contributed by atoms with Crippen molar-refractivity contribution in [1.82, 2.24) is 15.1 Å². The Hall–Kier alpha value is -1.85. The maximum absolute atomic E-state index is 11.8. The molecule has 1 aromatic rings. The van der Waals surface area contributed by atoms with Gasteiger partial charge in [-0.25, -0.2) is 4.79 Å². The van der Waals surface area contributed by atoms with Gasteiger partial charge in [0.2, 0.25) is 5.91 Å². The lowest BCUT2D eigenvalue weighted by molar-refractivity contribution is -0.143. The number of nitrogens with zero attached hydrogens (tertiary/aromatic N) is 2. The Labute approximate surface area is 99.6 Å². The summed E-state index contributed by atoms with van der Waals surface area (Å²) in [6.07, 6.45) is 3.00. The maximum Gasteiger partial charge on any atom is 0.331 e. The van der Waals surface area contributed by atoms with Gasteiger partial charge in [0, 0.05) is 24.2 Å². The van der Waals surface area contributed by atoms with Crippen LogP contribution in [0.5, 0.6) is 0 Å². The number of carboxylic acid groups (broad SMARTS) is 1. The number of carbonyl (C=O) groups is 2. The van der Waals surface area contributed by atoms with Crippen molar-refractivity contribution in [2.75, 3.05) is 0 Å². The second kappa shape index (κ2) is 4.57. The van der Waals surface area contributed by atoms with E-state index >= 15 is 0 Å². The summed E-state index contributed by atoms with van der Waals surface area (Å²) in [7, 11) is 1.69. The zero-order valence-electron chi connectivity index (χ0n) is 10.4. The molecule has 1 unspecified atom stereocenters. The van der Waals surface area contributed by atoms with Gasteiger partial charge in [0.15, 0.2) is 6.04 Å². The fourth-order valence-electron chi connectivity index (χ4n) is 1.22. The highest BCUT2D eigenvalue weighted by Crippen LogP contribution is 2.18. The molecular weight excluding hydrogens is 222 g/mol. The van der Waals surface area contributed by atoms with Gasteiger partial charge in [0.05, 0.1) is 6.20 Å². The maximum atomic E-state index is 11.8. The largest absolute Gasteiger partial charge is 0.479 e. The molecule has 0 aromatic carbocycles. The molecule has 2 N–H and O–H groups in total. The number of hydrogen-bond acceptors (Lipinski definition) is 3. The predicted octanol–water partition coefficient (Wildman–Crippen LogP) is 0.708. The number of aromatic nitrogens is 2. The number of carboxylic acids is 1. The molecule has 0 fully saturated rings. The van der Waals surface area contributed by atoms with Crippen LogP contribution in [0.4, 0.5) is 0 Å². The first-order chi connectivity index (χ1) is 7.71. The van der Waals surface area contributed by atoms with Gasteiger partial charge in [-0.3, -0.25) is 9.48 Å². The van der Waals surface area contributed by atoms with Gasteiger partial charge in [0.1, 0.15) is 0 Å². The van der Waals surface area contributed by atoms with E-state index < -0.39 is 17.4 Å². The Kier molecular flexibility index (Phi) is 3.55. The minimum atomic E-state index is -1.10. The van der Waals surface area contributed by atoms with Crippen LogP contribution in [-0.4, -0.2) is 26.8 Å². The molecule has 0 bridgehead atoms. The highest BCUT2D eigenvalue weighted by atomic mass is 16.4. The normalized spacial score (nSPS) is 13.2. The van der Waals surface area contributed by atoms with E-state index in [2.05, 4.69) is 10.4 Å². The summed E-state index contributed by atoms with van der Waals surface area (Å²) in [6, 6.07) is -1.06. The van der Waals surface area contributed by atoms with Gasteiger partial charge in [-0.1, -0.05) is 20.8 Å². The smallest absolute Gasteiger partial charge is 0.331 e. The lowest BCUT2D eigenvalue weighted by atomic mass is 9.95. The van der Waals surface area contributed by atoms with Crippen molar-refractivity contribution in [2.45, 2.75) is 26.8 Å². The monoisotopic (exact) mass is 239 g/mol. The molecule has 6 nitrogen and oxygen atoms in total. The van der Waals surface area contributed by atoms with E-state index in [1.807, 2.05) is 0 Å². The topological polar surface area (TPSA) is 84.2 Å². The van der Waals surface area contributed by atoms with Crippen molar-refractivity contribution in [2.24, 2.45) is 12.5 Å². The van der Waals surface area contributed by atoms with Crippen molar-refractivity contribution >= 4 is 11.9 Å². The van der Waals surface area contributed by atoms with E-state index in [0.717, 1.165) is 0 Å². The fourth-order valence-corrected chi connectivity index (χ4v) is 1.22. The summed E-state index contributed by atoms with van der Waals surface area (Å²) >= 11 is 0. The third-order valence-electron chi connectivity index (χ3n) is 2.26. The van der Waals surface area contributed by atoms with Crippen molar-refractivity contribution in [3.63, 3.8) is 0 Å². The number of amides is 1. The van der Waals surface area contributed by atoms with Gasteiger partial charge in [-0.15, -0.1) is 0 Å². The van der Waals surface area contributed by atoms with Gasteiger partial charge in [0.25, 0.3) is 0 Å². The Morgan fingerprint density at radius 1 is 1.47 bits per heavy atom. The molecule has 0 aliphatic heterocycles. The van der Waals surface area contributed by atoms with E-state index in [-0.39, 0.29) is 5.91 Å². The zero-order valence-corrected chi connectivity index (χ0v) is 10.4. The standard InChI is InChI=1S/C11H17N3O3/c1-11(2,3)10(17)13-8(9(15)16)7-5-12-14(4)6-7/h5-6,8H,1-4H3,(H,13,17)(H,15,16). The van der Waals surface area contributed by atoms with E-state index in [0.29, 0.717) is 5.56 Å². The van der Waals surface area contributed by atoms with Crippen molar-refractivity contribution < 1.29 is 14.7 Å². The third kappa shape index (κ3) is 3.30. The Balaban J connectivity index is 2.89. The number of aliphatic carboxylic acids is 1. The number of hydrogen-bond donors (Lipinski definition) is 2. The molecule has 1 heterocycles. The van der Waals surface area contributed by atoms with Gasteiger partial charge < -0.3 is 10.4 Å². The van der Waals surface area contributed by atoms with Crippen LogP contribution in [0, 0.1) is 5.41 Å². The summed E-state index contributed by atoms with van der Waals surface area (Å²) < 4.78 is 1.49. The molecule has 0 saturated carbocycles. The average molecular weight is 239 g/mol. The summed E-state index contributed by atoms with van der Waals surface area (Å²) in [5.41, 5.74) is -0.173. The molecule has 1 aromatic heterocycles. The van der Waals surface area contributed by atoms with Crippen LogP contribution in [0.1, 0.15) is 32.4 Å². The zero-order chi connectivity index (χ0) is 13.2. The molecule has 0 spiro atoms. The Bertz CT molecular complexity index is 431. The molecule has 1 amide bonds. The fraction of sp³-hybridized carbons (Fsp3) is 0.545. The molecule has 0 aliphatic carbocycles. The van der Waals surface area contributed by atoms with Crippen LogP contribution in [-0.2, 0) is 16.6 Å². The van der Waals surface area contributed by atoms with E-state index in [1.165, 1.54) is 10.9 Å². The summed E-state index contributed by atoms with van der Waals surface area (Å²) in [4.78, 5) is 22.9. The first-order valence-corrected chi connectivity index (χ1v) is 5.24. The first-order valence-electron chi connectivity index (χ1n) is 5.24. The van der Waals surface area contributed by atoms with Crippen LogP contribution >= 0.6 is 0 Å². The number of rotatable bonds is 3.